The number of methoxy groups -OCH3 is 1. The van der Waals surface area contributed by atoms with E-state index in [1.807, 2.05) is 24.3 Å². The van der Waals surface area contributed by atoms with E-state index in [-0.39, 0.29) is 11.8 Å². The van der Waals surface area contributed by atoms with Crippen molar-refractivity contribution in [3.05, 3.63) is 59.7 Å². The van der Waals surface area contributed by atoms with Gasteiger partial charge < -0.3 is 10.1 Å². The SMILES string of the molecule is CCCCCCC(=O)Nc1ccc(C(=O)N/N=C/c2ccccc2OC)cc1. The monoisotopic (exact) mass is 381 g/mol. The Labute approximate surface area is 166 Å². The molecule has 0 saturated heterocycles. The number of carbonyl (C=O) groups is 2. The molecular weight excluding hydrogens is 354 g/mol. The molecule has 0 fully saturated rings. The number of hydrogen-bond donors (Lipinski definition) is 2. The summed E-state index contributed by atoms with van der Waals surface area (Å²) in [7, 11) is 1.58. The summed E-state index contributed by atoms with van der Waals surface area (Å²) in [6.07, 6.45) is 6.30. The molecule has 0 aromatic heterocycles. The maximum Gasteiger partial charge on any atom is 0.271 e. The Kier molecular flexibility index (Phi) is 8.72. The first-order chi connectivity index (χ1) is 13.6. The summed E-state index contributed by atoms with van der Waals surface area (Å²) in [5.74, 6) is 0.341. The van der Waals surface area contributed by atoms with Crippen LogP contribution in [-0.2, 0) is 4.79 Å². The largest absolute Gasteiger partial charge is 0.496 e. The Morgan fingerprint density at radius 1 is 1.04 bits per heavy atom. The molecule has 28 heavy (non-hydrogen) atoms. The third kappa shape index (κ3) is 6.87. The average molecular weight is 381 g/mol. The molecule has 2 amide bonds. The van der Waals surface area contributed by atoms with E-state index < -0.39 is 0 Å². The van der Waals surface area contributed by atoms with Gasteiger partial charge in [0.25, 0.3) is 5.91 Å². The molecule has 0 spiro atoms. The Balaban J connectivity index is 1.84. The third-order valence-corrected chi connectivity index (χ3v) is 4.20. The Morgan fingerprint density at radius 3 is 2.50 bits per heavy atom. The standard InChI is InChI=1S/C22H27N3O3/c1-3-4-5-6-11-21(26)24-19-14-12-17(13-15-19)22(27)25-23-16-18-9-7-8-10-20(18)28-2/h7-10,12-16H,3-6,11H2,1-2H3,(H,24,26)(H,25,27)/b23-16+. The van der Waals surface area contributed by atoms with Crippen LogP contribution < -0.4 is 15.5 Å². The number of nitrogens with one attached hydrogen (secondary N) is 2. The van der Waals surface area contributed by atoms with E-state index >= 15 is 0 Å². The normalized spacial score (nSPS) is 10.6. The van der Waals surface area contributed by atoms with E-state index in [1.165, 1.54) is 6.21 Å². The van der Waals surface area contributed by atoms with Gasteiger partial charge in [-0.05, 0) is 42.8 Å². The van der Waals surface area contributed by atoms with Crippen molar-refractivity contribution >= 4 is 23.7 Å². The lowest BCUT2D eigenvalue weighted by Gasteiger charge is -2.06. The lowest BCUT2D eigenvalue weighted by atomic mass is 10.1. The van der Waals surface area contributed by atoms with Crippen molar-refractivity contribution < 1.29 is 14.3 Å². The highest BCUT2D eigenvalue weighted by Gasteiger charge is 2.06. The fourth-order valence-corrected chi connectivity index (χ4v) is 2.64. The van der Waals surface area contributed by atoms with Gasteiger partial charge >= 0.3 is 0 Å². The van der Waals surface area contributed by atoms with Crippen LogP contribution >= 0.6 is 0 Å². The molecule has 0 aliphatic heterocycles. The second kappa shape index (κ2) is 11.5. The predicted molar refractivity (Wildman–Crippen MR) is 112 cm³/mol. The summed E-state index contributed by atoms with van der Waals surface area (Å²) >= 11 is 0. The number of nitrogens with zero attached hydrogens (tertiary/aromatic N) is 1. The van der Waals surface area contributed by atoms with Gasteiger partial charge in [0.15, 0.2) is 0 Å². The molecule has 0 aliphatic carbocycles. The molecule has 2 aromatic rings. The van der Waals surface area contributed by atoms with Gasteiger partial charge in [-0.2, -0.15) is 5.10 Å². The Morgan fingerprint density at radius 2 is 1.79 bits per heavy atom. The number of hydrogen-bond acceptors (Lipinski definition) is 4. The van der Waals surface area contributed by atoms with Gasteiger partial charge in [0.1, 0.15) is 5.75 Å². The summed E-state index contributed by atoms with van der Waals surface area (Å²) in [6.45, 7) is 2.14. The van der Waals surface area contributed by atoms with E-state index in [0.717, 1.165) is 31.2 Å². The molecule has 0 saturated carbocycles. The fourth-order valence-electron chi connectivity index (χ4n) is 2.64. The number of ether oxygens (including phenoxy) is 1. The summed E-state index contributed by atoms with van der Waals surface area (Å²) in [4.78, 5) is 24.1. The molecule has 2 rings (SSSR count). The number of para-hydroxylation sites is 1. The quantitative estimate of drug-likeness (QED) is 0.364. The van der Waals surface area contributed by atoms with E-state index in [1.54, 1.807) is 31.4 Å². The predicted octanol–water partition coefficient (Wildman–Crippen LogP) is 4.37. The van der Waals surface area contributed by atoms with Crippen LogP contribution in [0.4, 0.5) is 5.69 Å². The topological polar surface area (TPSA) is 79.8 Å². The lowest BCUT2D eigenvalue weighted by molar-refractivity contribution is -0.116. The van der Waals surface area contributed by atoms with Crippen molar-refractivity contribution in [3.8, 4) is 5.75 Å². The number of carbonyl (C=O) groups excluding carboxylic acids is 2. The zero-order valence-electron chi connectivity index (χ0n) is 16.4. The van der Waals surface area contributed by atoms with Crippen LogP contribution in [-0.4, -0.2) is 25.1 Å². The van der Waals surface area contributed by atoms with Crippen molar-refractivity contribution in [2.45, 2.75) is 39.0 Å². The van der Waals surface area contributed by atoms with Crippen molar-refractivity contribution in [1.29, 1.82) is 0 Å². The van der Waals surface area contributed by atoms with Gasteiger partial charge in [-0.1, -0.05) is 38.3 Å². The smallest absolute Gasteiger partial charge is 0.271 e. The molecular formula is C22H27N3O3. The Bertz CT molecular complexity index is 801. The molecule has 0 radical (unpaired) electrons. The van der Waals surface area contributed by atoms with Crippen LogP contribution in [0.3, 0.4) is 0 Å². The number of anilines is 1. The highest BCUT2D eigenvalue weighted by molar-refractivity contribution is 5.96. The first kappa shape index (κ1) is 21.2. The molecule has 6 heteroatoms. The zero-order chi connectivity index (χ0) is 20.2. The minimum Gasteiger partial charge on any atom is -0.496 e. The molecule has 148 valence electrons. The minimum absolute atomic E-state index is 0.00490. The van der Waals surface area contributed by atoms with E-state index in [4.69, 9.17) is 4.74 Å². The zero-order valence-corrected chi connectivity index (χ0v) is 16.4. The molecule has 0 unspecified atom stereocenters. The van der Waals surface area contributed by atoms with Gasteiger partial charge in [-0.3, -0.25) is 9.59 Å². The van der Waals surface area contributed by atoms with Crippen molar-refractivity contribution in [2.24, 2.45) is 5.10 Å². The molecule has 2 aromatic carbocycles. The molecule has 2 N–H and O–H groups in total. The van der Waals surface area contributed by atoms with Crippen LogP contribution in [0, 0.1) is 0 Å². The van der Waals surface area contributed by atoms with Gasteiger partial charge in [0.05, 0.1) is 13.3 Å². The van der Waals surface area contributed by atoms with Gasteiger partial charge in [0.2, 0.25) is 5.91 Å². The summed E-state index contributed by atoms with van der Waals surface area (Å²) in [5, 5.41) is 6.82. The van der Waals surface area contributed by atoms with Crippen LogP contribution in [0.1, 0.15) is 54.9 Å². The van der Waals surface area contributed by atoms with E-state index in [9.17, 15) is 9.59 Å². The van der Waals surface area contributed by atoms with Crippen LogP contribution in [0.5, 0.6) is 5.75 Å². The van der Waals surface area contributed by atoms with E-state index in [0.29, 0.717) is 23.4 Å². The number of rotatable bonds is 10. The van der Waals surface area contributed by atoms with Crippen molar-refractivity contribution in [3.63, 3.8) is 0 Å². The van der Waals surface area contributed by atoms with Gasteiger partial charge in [-0.25, -0.2) is 5.43 Å². The third-order valence-electron chi connectivity index (χ3n) is 4.20. The summed E-state index contributed by atoms with van der Waals surface area (Å²) in [5.41, 5.74) is 4.38. The maximum absolute atomic E-state index is 12.2. The van der Waals surface area contributed by atoms with Crippen molar-refractivity contribution in [1.82, 2.24) is 5.43 Å². The summed E-state index contributed by atoms with van der Waals surface area (Å²) < 4.78 is 5.23. The van der Waals surface area contributed by atoms with Gasteiger partial charge in [0, 0.05) is 23.2 Å². The second-order valence-electron chi connectivity index (χ2n) is 6.38. The Hall–Kier alpha value is -3.15. The van der Waals surface area contributed by atoms with Crippen LogP contribution in [0.15, 0.2) is 53.6 Å². The van der Waals surface area contributed by atoms with Crippen LogP contribution in [0.25, 0.3) is 0 Å². The van der Waals surface area contributed by atoms with Crippen LogP contribution in [0.2, 0.25) is 0 Å². The second-order valence-corrected chi connectivity index (χ2v) is 6.38. The average Bonchev–Trinajstić information content (AvgIpc) is 2.72. The number of unbranched alkanes of at least 4 members (excludes halogenated alkanes) is 3. The molecule has 6 nitrogen and oxygen atoms in total. The fraction of sp³-hybridized carbons (Fsp3) is 0.318. The lowest BCUT2D eigenvalue weighted by Crippen LogP contribution is -2.18. The summed E-state index contributed by atoms with van der Waals surface area (Å²) in [6, 6.07) is 14.1. The van der Waals surface area contributed by atoms with E-state index in [2.05, 4.69) is 22.8 Å². The van der Waals surface area contributed by atoms with Gasteiger partial charge in [-0.15, -0.1) is 0 Å². The molecule has 0 bridgehead atoms. The first-order valence-electron chi connectivity index (χ1n) is 9.50. The highest BCUT2D eigenvalue weighted by atomic mass is 16.5. The molecule has 0 aliphatic rings. The molecule has 0 atom stereocenters. The maximum atomic E-state index is 12.2. The number of amides is 2. The first-order valence-corrected chi connectivity index (χ1v) is 9.50. The number of hydrazone groups is 1. The van der Waals surface area contributed by atoms with Crippen molar-refractivity contribution in [2.75, 3.05) is 12.4 Å². The highest BCUT2D eigenvalue weighted by Crippen LogP contribution is 2.15. The number of benzene rings is 2. The minimum atomic E-state index is -0.330. The molecule has 0 heterocycles.